The van der Waals surface area contributed by atoms with Crippen molar-refractivity contribution in [3.8, 4) is 5.75 Å². The lowest BCUT2D eigenvalue weighted by molar-refractivity contribution is -0.141. The maximum Gasteiger partial charge on any atom is 0.308 e. The Morgan fingerprint density at radius 3 is 2.75 bits per heavy atom. The number of carbonyl (C=O) groups is 3. The molecule has 2 atom stereocenters. The van der Waals surface area contributed by atoms with Crippen LogP contribution in [-0.4, -0.2) is 54.0 Å². The summed E-state index contributed by atoms with van der Waals surface area (Å²) in [6.45, 7) is 1.93. The molecule has 1 fully saturated rings. The van der Waals surface area contributed by atoms with Gasteiger partial charge in [0.2, 0.25) is 11.8 Å². The van der Waals surface area contributed by atoms with Crippen LogP contribution < -0.4 is 10.1 Å². The highest BCUT2D eigenvalue weighted by molar-refractivity contribution is 5.88. The molecule has 1 saturated heterocycles. The molecule has 0 aromatic heterocycles. The number of benzene rings is 1. The number of nitrogens with one attached hydrogen (secondary N) is 1. The molecule has 1 aromatic rings. The SMILES string of the molecule is COc1cccc(C[C@H](NC(C)=O)C(=O)N2CC[C@H](C(=O)O)C2)c1. The molecule has 1 heterocycles. The molecule has 0 unspecified atom stereocenters. The summed E-state index contributed by atoms with van der Waals surface area (Å²) in [7, 11) is 1.56. The predicted molar refractivity (Wildman–Crippen MR) is 86.6 cm³/mol. The molecule has 24 heavy (non-hydrogen) atoms. The number of hydrogen-bond donors (Lipinski definition) is 2. The van der Waals surface area contributed by atoms with E-state index in [4.69, 9.17) is 9.84 Å². The molecule has 1 aromatic carbocycles. The summed E-state index contributed by atoms with van der Waals surface area (Å²) >= 11 is 0. The predicted octanol–water partition coefficient (Wildman–Crippen LogP) is 0.675. The van der Waals surface area contributed by atoms with Gasteiger partial charge in [-0.2, -0.15) is 0 Å². The van der Waals surface area contributed by atoms with Crippen molar-refractivity contribution in [3.63, 3.8) is 0 Å². The lowest BCUT2D eigenvalue weighted by Crippen LogP contribution is -2.48. The molecule has 1 aliphatic rings. The molecule has 2 amide bonds. The van der Waals surface area contributed by atoms with Crippen LogP contribution in [0.2, 0.25) is 0 Å². The van der Waals surface area contributed by atoms with Crippen LogP contribution in [0.4, 0.5) is 0 Å². The smallest absolute Gasteiger partial charge is 0.308 e. The fourth-order valence-electron chi connectivity index (χ4n) is 2.86. The summed E-state index contributed by atoms with van der Waals surface area (Å²) in [4.78, 5) is 36.7. The molecule has 0 spiro atoms. The first-order chi connectivity index (χ1) is 11.4. The third kappa shape index (κ3) is 4.47. The molecule has 2 rings (SSSR count). The maximum absolute atomic E-state index is 12.7. The van der Waals surface area contributed by atoms with E-state index in [1.54, 1.807) is 13.2 Å². The van der Waals surface area contributed by atoms with Crippen LogP contribution in [0.1, 0.15) is 18.9 Å². The van der Waals surface area contributed by atoms with E-state index in [1.807, 2.05) is 18.2 Å². The van der Waals surface area contributed by atoms with Crippen molar-refractivity contribution in [2.45, 2.75) is 25.8 Å². The minimum atomic E-state index is -0.894. The lowest BCUT2D eigenvalue weighted by Gasteiger charge is -2.24. The van der Waals surface area contributed by atoms with Gasteiger partial charge in [0, 0.05) is 26.4 Å². The molecular formula is C17H22N2O5. The minimum absolute atomic E-state index is 0.183. The number of aliphatic carboxylic acids is 1. The van der Waals surface area contributed by atoms with Crippen molar-refractivity contribution in [2.75, 3.05) is 20.2 Å². The van der Waals surface area contributed by atoms with Gasteiger partial charge in [-0.15, -0.1) is 0 Å². The van der Waals surface area contributed by atoms with Gasteiger partial charge in [0.15, 0.2) is 0 Å². The van der Waals surface area contributed by atoms with Crippen molar-refractivity contribution in [1.82, 2.24) is 10.2 Å². The minimum Gasteiger partial charge on any atom is -0.497 e. The van der Waals surface area contributed by atoms with E-state index in [-0.39, 0.29) is 18.4 Å². The van der Waals surface area contributed by atoms with Crippen molar-refractivity contribution in [1.29, 1.82) is 0 Å². The van der Waals surface area contributed by atoms with Crippen LogP contribution in [0.5, 0.6) is 5.75 Å². The molecule has 1 aliphatic heterocycles. The highest BCUT2D eigenvalue weighted by Gasteiger charge is 2.34. The third-order valence-corrected chi connectivity index (χ3v) is 4.10. The van der Waals surface area contributed by atoms with E-state index >= 15 is 0 Å². The lowest BCUT2D eigenvalue weighted by atomic mass is 10.0. The normalized spacial score (nSPS) is 18.1. The number of amides is 2. The number of methoxy groups -OCH3 is 1. The third-order valence-electron chi connectivity index (χ3n) is 4.10. The van der Waals surface area contributed by atoms with Crippen LogP contribution in [-0.2, 0) is 20.8 Å². The molecule has 130 valence electrons. The van der Waals surface area contributed by atoms with Crippen molar-refractivity contribution >= 4 is 17.8 Å². The Balaban J connectivity index is 2.11. The maximum atomic E-state index is 12.7. The molecule has 7 heteroatoms. The zero-order chi connectivity index (χ0) is 17.7. The Kier molecular flexibility index (Phi) is 5.78. The highest BCUT2D eigenvalue weighted by atomic mass is 16.5. The monoisotopic (exact) mass is 334 g/mol. The first-order valence-corrected chi connectivity index (χ1v) is 7.82. The van der Waals surface area contributed by atoms with Gasteiger partial charge in [-0.1, -0.05) is 12.1 Å². The summed E-state index contributed by atoms with van der Waals surface area (Å²) in [5.41, 5.74) is 0.857. The average Bonchev–Trinajstić information content (AvgIpc) is 3.03. The zero-order valence-electron chi connectivity index (χ0n) is 13.8. The summed E-state index contributed by atoms with van der Waals surface area (Å²) in [6.07, 6.45) is 0.761. The number of nitrogens with zero attached hydrogens (tertiary/aromatic N) is 1. The molecule has 0 bridgehead atoms. The largest absolute Gasteiger partial charge is 0.497 e. The van der Waals surface area contributed by atoms with Crippen molar-refractivity contribution < 1.29 is 24.2 Å². The van der Waals surface area contributed by atoms with Gasteiger partial charge in [-0.25, -0.2) is 0 Å². The number of rotatable bonds is 6. The number of hydrogen-bond acceptors (Lipinski definition) is 4. The van der Waals surface area contributed by atoms with Gasteiger partial charge in [-0.05, 0) is 24.1 Å². The second kappa shape index (κ2) is 7.81. The van der Waals surface area contributed by atoms with E-state index in [1.165, 1.54) is 11.8 Å². The number of carboxylic acids is 1. The summed E-state index contributed by atoms with van der Waals surface area (Å²) in [6, 6.07) is 6.57. The molecule has 0 radical (unpaired) electrons. The van der Waals surface area contributed by atoms with Crippen LogP contribution in [0.15, 0.2) is 24.3 Å². The zero-order valence-corrected chi connectivity index (χ0v) is 13.8. The van der Waals surface area contributed by atoms with Gasteiger partial charge >= 0.3 is 5.97 Å². The van der Waals surface area contributed by atoms with E-state index in [0.717, 1.165) is 5.56 Å². The summed E-state index contributed by atoms with van der Waals surface area (Å²) < 4.78 is 5.17. The van der Waals surface area contributed by atoms with Gasteiger partial charge in [-0.3, -0.25) is 14.4 Å². The first-order valence-electron chi connectivity index (χ1n) is 7.82. The quantitative estimate of drug-likeness (QED) is 0.797. The van der Waals surface area contributed by atoms with Crippen molar-refractivity contribution in [2.24, 2.45) is 5.92 Å². The van der Waals surface area contributed by atoms with E-state index < -0.39 is 17.9 Å². The Hall–Kier alpha value is -2.57. The number of carboxylic acid groups (broad SMARTS) is 1. The number of ether oxygens (including phenoxy) is 1. The average molecular weight is 334 g/mol. The Bertz CT molecular complexity index is 631. The first kappa shape index (κ1) is 17.8. The Morgan fingerprint density at radius 2 is 2.17 bits per heavy atom. The topological polar surface area (TPSA) is 95.9 Å². The van der Waals surface area contributed by atoms with Crippen LogP contribution in [0.3, 0.4) is 0 Å². The standard InChI is InChI=1S/C17H22N2O5/c1-11(20)18-15(9-12-4-3-5-14(8-12)24-2)16(21)19-7-6-13(10-19)17(22)23/h3-5,8,13,15H,6-7,9-10H2,1-2H3,(H,18,20)(H,22,23)/t13-,15-/m0/s1. The fraction of sp³-hybridized carbons (Fsp3) is 0.471. The van der Waals surface area contributed by atoms with E-state index in [9.17, 15) is 14.4 Å². The molecular weight excluding hydrogens is 312 g/mol. The summed E-state index contributed by atoms with van der Waals surface area (Å²) in [5.74, 6) is -1.31. The van der Waals surface area contributed by atoms with Crippen molar-refractivity contribution in [3.05, 3.63) is 29.8 Å². The molecule has 0 aliphatic carbocycles. The Labute approximate surface area is 140 Å². The number of likely N-dealkylation sites (tertiary alicyclic amines) is 1. The summed E-state index contributed by atoms with van der Waals surface area (Å²) in [5, 5.41) is 11.7. The molecule has 0 saturated carbocycles. The van der Waals surface area contributed by atoms with Gasteiger partial charge in [0.05, 0.1) is 13.0 Å². The number of carbonyl (C=O) groups excluding carboxylic acids is 2. The highest BCUT2D eigenvalue weighted by Crippen LogP contribution is 2.19. The Morgan fingerprint density at radius 1 is 1.42 bits per heavy atom. The van der Waals surface area contributed by atoms with E-state index in [2.05, 4.69) is 5.32 Å². The second-order valence-electron chi connectivity index (χ2n) is 5.92. The van der Waals surface area contributed by atoms with Crippen LogP contribution in [0, 0.1) is 5.92 Å². The van der Waals surface area contributed by atoms with Crippen LogP contribution >= 0.6 is 0 Å². The van der Waals surface area contributed by atoms with E-state index in [0.29, 0.717) is 25.1 Å². The van der Waals surface area contributed by atoms with Gasteiger partial charge < -0.3 is 20.1 Å². The second-order valence-corrected chi connectivity index (χ2v) is 5.92. The van der Waals surface area contributed by atoms with Crippen LogP contribution in [0.25, 0.3) is 0 Å². The molecule has 2 N–H and O–H groups in total. The fourth-order valence-corrected chi connectivity index (χ4v) is 2.86. The van der Waals surface area contributed by atoms with Gasteiger partial charge in [0.25, 0.3) is 0 Å². The molecule has 7 nitrogen and oxygen atoms in total. The van der Waals surface area contributed by atoms with Gasteiger partial charge in [0.1, 0.15) is 11.8 Å².